The second kappa shape index (κ2) is 7.68. The fourth-order valence-corrected chi connectivity index (χ4v) is 3.38. The summed E-state index contributed by atoms with van der Waals surface area (Å²) in [6, 6.07) is 10.8. The summed E-state index contributed by atoms with van der Waals surface area (Å²) in [4.78, 5) is 35.8. The van der Waals surface area contributed by atoms with Crippen molar-refractivity contribution in [3.05, 3.63) is 75.9 Å². The molecule has 0 atom stereocenters. The van der Waals surface area contributed by atoms with E-state index in [2.05, 4.69) is 5.43 Å². The van der Waals surface area contributed by atoms with E-state index in [0.717, 1.165) is 28.9 Å². The number of nitrogens with one attached hydrogen (secondary N) is 1. The number of rotatable bonds is 4. The quantitative estimate of drug-likeness (QED) is 0.604. The highest BCUT2D eigenvalue weighted by molar-refractivity contribution is 8.26. The van der Waals surface area contributed by atoms with Crippen molar-refractivity contribution in [2.75, 3.05) is 0 Å². The van der Waals surface area contributed by atoms with Crippen LogP contribution in [-0.4, -0.2) is 32.2 Å². The van der Waals surface area contributed by atoms with Crippen LogP contribution < -0.4 is 5.43 Å². The lowest BCUT2D eigenvalue weighted by atomic mass is 10.1. The largest absolute Gasteiger partial charge is 0.478 e. The zero-order valence-electron chi connectivity index (χ0n) is 13.5. The Morgan fingerprint density at radius 3 is 2.26 bits per heavy atom. The SMILES string of the molecule is O=C(O)c1ccc(/C=C2/SC(=S)N(NC(=O)c3ccc(F)cc3)C2=O)cc1. The van der Waals surface area contributed by atoms with Crippen LogP contribution in [0.5, 0.6) is 0 Å². The van der Waals surface area contributed by atoms with E-state index >= 15 is 0 Å². The molecule has 27 heavy (non-hydrogen) atoms. The van der Waals surface area contributed by atoms with E-state index in [-0.39, 0.29) is 20.4 Å². The lowest BCUT2D eigenvalue weighted by molar-refractivity contribution is -0.123. The lowest BCUT2D eigenvalue weighted by Gasteiger charge is -2.15. The van der Waals surface area contributed by atoms with Gasteiger partial charge in [-0.25, -0.2) is 9.18 Å². The second-order valence-electron chi connectivity index (χ2n) is 5.39. The molecule has 0 saturated carbocycles. The number of halogens is 1. The molecule has 0 spiro atoms. The molecule has 0 aliphatic carbocycles. The number of hydrogen-bond acceptors (Lipinski definition) is 5. The van der Waals surface area contributed by atoms with Gasteiger partial charge < -0.3 is 5.11 Å². The first-order valence-electron chi connectivity index (χ1n) is 7.53. The smallest absolute Gasteiger partial charge is 0.335 e. The molecule has 2 amide bonds. The number of aromatic carboxylic acids is 1. The molecule has 0 bridgehead atoms. The van der Waals surface area contributed by atoms with E-state index in [4.69, 9.17) is 17.3 Å². The van der Waals surface area contributed by atoms with Gasteiger partial charge in [0.25, 0.3) is 11.8 Å². The molecule has 1 aliphatic rings. The Bertz CT molecular complexity index is 972. The topological polar surface area (TPSA) is 86.7 Å². The molecule has 2 N–H and O–H groups in total. The monoisotopic (exact) mass is 402 g/mol. The molecule has 1 aliphatic heterocycles. The molecule has 1 saturated heterocycles. The summed E-state index contributed by atoms with van der Waals surface area (Å²) in [6.45, 7) is 0. The van der Waals surface area contributed by atoms with E-state index in [9.17, 15) is 18.8 Å². The van der Waals surface area contributed by atoms with Crippen LogP contribution in [0.15, 0.2) is 53.4 Å². The van der Waals surface area contributed by atoms with Gasteiger partial charge in [0.2, 0.25) is 0 Å². The number of carboxylic acids is 1. The molecule has 0 radical (unpaired) electrons. The molecular formula is C18H11FN2O4S2. The van der Waals surface area contributed by atoms with Crippen molar-refractivity contribution >= 4 is 52.2 Å². The highest BCUT2D eigenvalue weighted by Crippen LogP contribution is 2.31. The van der Waals surface area contributed by atoms with Gasteiger partial charge in [-0.2, -0.15) is 5.01 Å². The van der Waals surface area contributed by atoms with Crippen LogP contribution in [0.1, 0.15) is 26.3 Å². The van der Waals surface area contributed by atoms with Crippen LogP contribution in [-0.2, 0) is 4.79 Å². The number of thiocarbonyl (C=S) groups is 1. The van der Waals surface area contributed by atoms with Gasteiger partial charge in [0, 0.05) is 5.56 Å². The van der Waals surface area contributed by atoms with Crippen LogP contribution in [0.25, 0.3) is 6.08 Å². The number of hydrazine groups is 1. The van der Waals surface area contributed by atoms with Gasteiger partial charge >= 0.3 is 5.97 Å². The number of nitrogens with zero attached hydrogens (tertiary/aromatic N) is 1. The van der Waals surface area contributed by atoms with Gasteiger partial charge in [0.15, 0.2) is 4.32 Å². The first-order valence-corrected chi connectivity index (χ1v) is 8.75. The second-order valence-corrected chi connectivity index (χ2v) is 7.07. The zero-order valence-corrected chi connectivity index (χ0v) is 15.1. The summed E-state index contributed by atoms with van der Waals surface area (Å²) in [7, 11) is 0. The predicted molar refractivity (Wildman–Crippen MR) is 102 cm³/mol. The van der Waals surface area contributed by atoms with Crippen LogP contribution >= 0.6 is 24.0 Å². The number of carboxylic acid groups (broad SMARTS) is 1. The van der Waals surface area contributed by atoms with Crippen LogP contribution in [0, 0.1) is 5.82 Å². The van der Waals surface area contributed by atoms with Crippen molar-refractivity contribution < 1.29 is 23.9 Å². The van der Waals surface area contributed by atoms with Gasteiger partial charge in [0.1, 0.15) is 5.82 Å². The van der Waals surface area contributed by atoms with Gasteiger partial charge in [-0.15, -0.1) is 0 Å². The van der Waals surface area contributed by atoms with Crippen LogP contribution in [0.4, 0.5) is 4.39 Å². The van der Waals surface area contributed by atoms with Gasteiger partial charge in [-0.3, -0.25) is 15.0 Å². The highest BCUT2D eigenvalue weighted by atomic mass is 32.2. The summed E-state index contributed by atoms with van der Waals surface area (Å²) in [6.07, 6.45) is 1.55. The van der Waals surface area contributed by atoms with Crippen molar-refractivity contribution in [1.29, 1.82) is 0 Å². The standard InChI is InChI=1S/C18H11FN2O4S2/c19-13-7-5-11(6-8-13)15(22)20-21-16(23)14(27-18(21)26)9-10-1-3-12(4-2-10)17(24)25/h1-9H,(H,20,22)(H,24,25)/b14-9+. The van der Waals surface area contributed by atoms with Crippen molar-refractivity contribution in [1.82, 2.24) is 10.4 Å². The summed E-state index contributed by atoms with van der Waals surface area (Å²) in [5, 5.41) is 9.85. The van der Waals surface area contributed by atoms with Crippen molar-refractivity contribution in [2.24, 2.45) is 0 Å². The van der Waals surface area contributed by atoms with E-state index < -0.39 is 23.6 Å². The van der Waals surface area contributed by atoms with Crippen LogP contribution in [0.3, 0.4) is 0 Å². The fraction of sp³-hybridized carbons (Fsp3) is 0. The predicted octanol–water partition coefficient (Wildman–Crippen LogP) is 3.07. The summed E-state index contributed by atoms with van der Waals surface area (Å²) in [5.74, 6) is -2.63. The van der Waals surface area contributed by atoms with Crippen molar-refractivity contribution in [3.63, 3.8) is 0 Å². The van der Waals surface area contributed by atoms with Gasteiger partial charge in [-0.1, -0.05) is 23.9 Å². The first-order chi connectivity index (χ1) is 12.8. The number of carbonyl (C=O) groups excluding carboxylic acids is 2. The molecule has 9 heteroatoms. The third kappa shape index (κ3) is 4.21. The van der Waals surface area contributed by atoms with Crippen molar-refractivity contribution in [3.8, 4) is 0 Å². The van der Waals surface area contributed by atoms with Gasteiger partial charge in [-0.05, 0) is 60.3 Å². The molecule has 0 aromatic heterocycles. The maximum absolute atomic E-state index is 12.9. The van der Waals surface area contributed by atoms with Gasteiger partial charge in [0.05, 0.1) is 10.5 Å². The first kappa shape index (κ1) is 18.7. The number of thioether (sulfide) groups is 1. The summed E-state index contributed by atoms with van der Waals surface area (Å²) < 4.78 is 13.1. The third-order valence-corrected chi connectivity index (χ3v) is 4.87. The number of benzene rings is 2. The van der Waals surface area contributed by atoms with E-state index in [0.29, 0.717) is 5.56 Å². The maximum atomic E-state index is 12.9. The molecule has 6 nitrogen and oxygen atoms in total. The Kier molecular flexibility index (Phi) is 5.33. The van der Waals surface area contributed by atoms with Crippen molar-refractivity contribution in [2.45, 2.75) is 0 Å². The lowest BCUT2D eigenvalue weighted by Crippen LogP contribution is -2.44. The Morgan fingerprint density at radius 1 is 1.07 bits per heavy atom. The van der Waals surface area contributed by atoms with E-state index in [1.165, 1.54) is 24.3 Å². The Labute approximate surface area is 162 Å². The van der Waals surface area contributed by atoms with Crippen LogP contribution in [0.2, 0.25) is 0 Å². The minimum Gasteiger partial charge on any atom is -0.478 e. The minimum atomic E-state index is -1.05. The maximum Gasteiger partial charge on any atom is 0.335 e. The molecule has 2 aromatic carbocycles. The molecule has 0 unspecified atom stereocenters. The molecule has 136 valence electrons. The Balaban J connectivity index is 1.75. The normalized spacial score (nSPS) is 15.3. The zero-order chi connectivity index (χ0) is 19.6. The summed E-state index contributed by atoms with van der Waals surface area (Å²) in [5.41, 5.74) is 3.32. The highest BCUT2D eigenvalue weighted by Gasteiger charge is 2.33. The van der Waals surface area contributed by atoms with E-state index in [1.807, 2.05) is 0 Å². The number of hydrogen-bond donors (Lipinski definition) is 2. The molecule has 2 aromatic rings. The average molecular weight is 402 g/mol. The van der Waals surface area contributed by atoms with E-state index in [1.54, 1.807) is 18.2 Å². The third-order valence-electron chi connectivity index (χ3n) is 3.57. The number of carbonyl (C=O) groups is 3. The average Bonchev–Trinajstić information content (AvgIpc) is 2.90. The molecule has 1 heterocycles. The Hall–Kier alpha value is -3.04. The Morgan fingerprint density at radius 2 is 1.67 bits per heavy atom. The fourth-order valence-electron chi connectivity index (χ4n) is 2.20. The minimum absolute atomic E-state index is 0.131. The molecular weight excluding hydrogens is 391 g/mol. The molecule has 1 fully saturated rings. The number of amides is 2. The molecule has 3 rings (SSSR count). The summed E-state index contributed by atoms with van der Waals surface area (Å²) >= 11 is 6.13.